The summed E-state index contributed by atoms with van der Waals surface area (Å²) in [4.78, 5) is 39.7. The van der Waals surface area contributed by atoms with E-state index >= 15 is 0 Å². The summed E-state index contributed by atoms with van der Waals surface area (Å²) < 4.78 is 0. The molecule has 0 fully saturated rings. The molecule has 0 saturated carbocycles. The number of anilines is 3. The van der Waals surface area contributed by atoms with E-state index in [0.717, 1.165) is 34.6 Å². The maximum absolute atomic E-state index is 13.1. The van der Waals surface area contributed by atoms with E-state index in [1.165, 1.54) is 6.07 Å². The summed E-state index contributed by atoms with van der Waals surface area (Å²) in [6, 6.07) is 19.0. The molecule has 1 heterocycles. The summed E-state index contributed by atoms with van der Waals surface area (Å²) in [6.07, 6.45) is 1.58. The van der Waals surface area contributed by atoms with E-state index in [2.05, 4.69) is 10.6 Å². The van der Waals surface area contributed by atoms with E-state index in [1.807, 2.05) is 32.0 Å². The average Bonchev–Trinajstić information content (AvgIpc) is 3.07. The molecule has 1 aliphatic heterocycles. The molecule has 0 aromatic heterocycles. The van der Waals surface area contributed by atoms with Crippen molar-refractivity contribution < 1.29 is 14.4 Å². The van der Waals surface area contributed by atoms with Gasteiger partial charge in [0.25, 0.3) is 17.7 Å². The van der Waals surface area contributed by atoms with E-state index in [-0.39, 0.29) is 16.6 Å². The number of carbonyl (C=O) groups is 3. The molecule has 0 aliphatic carbocycles. The number of imide groups is 1. The second-order valence-electron chi connectivity index (χ2n) is 7.93. The summed E-state index contributed by atoms with van der Waals surface area (Å²) in [7, 11) is 0. The molecule has 0 saturated heterocycles. The number of amides is 3. The fraction of sp³-hybridized carbons (Fsp3) is 0.148. The molecule has 4 rings (SSSR count). The Hall–Kier alpha value is -3.61. The molecule has 3 aromatic carbocycles. The zero-order valence-corrected chi connectivity index (χ0v) is 20.7. The Balaban J connectivity index is 1.57. The van der Waals surface area contributed by atoms with Gasteiger partial charge >= 0.3 is 0 Å². The fourth-order valence-corrected chi connectivity index (χ4v) is 4.33. The number of nitrogens with zero attached hydrogens (tertiary/aromatic N) is 1. The number of para-hydroxylation sites is 1. The van der Waals surface area contributed by atoms with Crippen LogP contribution in [0.2, 0.25) is 5.02 Å². The van der Waals surface area contributed by atoms with E-state index in [0.29, 0.717) is 22.0 Å². The highest BCUT2D eigenvalue weighted by molar-refractivity contribution is 6.53. The highest BCUT2D eigenvalue weighted by atomic mass is 35.5. The number of hydrogen-bond donors (Lipinski definition) is 2. The predicted octanol–water partition coefficient (Wildman–Crippen LogP) is 6.15. The molecule has 2 N–H and O–H groups in total. The average molecular weight is 508 g/mol. The molecule has 178 valence electrons. The molecular weight excluding hydrogens is 485 g/mol. The van der Waals surface area contributed by atoms with Gasteiger partial charge < -0.3 is 10.6 Å². The minimum absolute atomic E-state index is 0.0706. The molecule has 3 aromatic rings. The maximum Gasteiger partial charge on any atom is 0.283 e. The first-order chi connectivity index (χ1) is 16.8. The first kappa shape index (κ1) is 24.5. The van der Waals surface area contributed by atoms with E-state index in [4.69, 9.17) is 23.2 Å². The van der Waals surface area contributed by atoms with Crippen molar-refractivity contribution in [2.75, 3.05) is 15.5 Å². The predicted molar refractivity (Wildman–Crippen MR) is 140 cm³/mol. The van der Waals surface area contributed by atoms with Crippen LogP contribution in [0.5, 0.6) is 0 Å². The maximum atomic E-state index is 13.1. The van der Waals surface area contributed by atoms with Gasteiger partial charge in [0.05, 0.1) is 5.69 Å². The van der Waals surface area contributed by atoms with Crippen molar-refractivity contribution in [1.29, 1.82) is 0 Å². The molecule has 1 aliphatic rings. The van der Waals surface area contributed by atoms with Gasteiger partial charge in [-0.2, -0.15) is 0 Å². The number of rotatable bonds is 7. The normalized spacial score (nSPS) is 13.4. The van der Waals surface area contributed by atoms with Crippen LogP contribution in [0.4, 0.5) is 17.1 Å². The summed E-state index contributed by atoms with van der Waals surface area (Å²) in [5.74, 6) is -1.54. The topological polar surface area (TPSA) is 78.5 Å². The number of hydrogen-bond acceptors (Lipinski definition) is 4. The number of benzene rings is 3. The summed E-state index contributed by atoms with van der Waals surface area (Å²) in [6.45, 7) is 4.08. The summed E-state index contributed by atoms with van der Waals surface area (Å²) in [5, 5.41) is 6.09. The lowest BCUT2D eigenvalue weighted by Crippen LogP contribution is -2.32. The molecule has 3 amide bonds. The molecular formula is C27H23Cl2N3O3. The fourth-order valence-electron chi connectivity index (χ4n) is 3.93. The molecule has 0 spiro atoms. The van der Waals surface area contributed by atoms with Gasteiger partial charge in [-0.25, -0.2) is 4.90 Å². The Labute approximate surface area is 213 Å². The van der Waals surface area contributed by atoms with Gasteiger partial charge in [-0.15, -0.1) is 0 Å². The van der Waals surface area contributed by atoms with Gasteiger partial charge in [0.1, 0.15) is 10.7 Å². The van der Waals surface area contributed by atoms with Crippen molar-refractivity contribution in [3.8, 4) is 0 Å². The lowest BCUT2D eigenvalue weighted by molar-refractivity contribution is -0.120. The molecule has 0 unspecified atom stereocenters. The Morgan fingerprint density at radius 2 is 1.51 bits per heavy atom. The molecule has 8 heteroatoms. The van der Waals surface area contributed by atoms with Crippen LogP contribution in [0.3, 0.4) is 0 Å². The molecule has 0 radical (unpaired) electrons. The second-order valence-corrected chi connectivity index (χ2v) is 8.75. The Kier molecular flexibility index (Phi) is 7.24. The van der Waals surface area contributed by atoms with Gasteiger partial charge in [-0.1, -0.05) is 67.4 Å². The van der Waals surface area contributed by atoms with Crippen LogP contribution < -0.4 is 15.5 Å². The smallest absolute Gasteiger partial charge is 0.283 e. The van der Waals surface area contributed by atoms with Crippen LogP contribution in [-0.2, 0) is 22.4 Å². The number of aryl methyl sites for hydroxylation is 2. The molecule has 6 nitrogen and oxygen atoms in total. The largest absolute Gasteiger partial charge is 0.350 e. The highest BCUT2D eigenvalue weighted by Gasteiger charge is 2.39. The molecule has 0 bridgehead atoms. The third-order valence-electron chi connectivity index (χ3n) is 5.73. The van der Waals surface area contributed by atoms with Gasteiger partial charge in [-0.3, -0.25) is 14.4 Å². The van der Waals surface area contributed by atoms with Gasteiger partial charge in [0.15, 0.2) is 0 Å². The van der Waals surface area contributed by atoms with Crippen LogP contribution in [0.15, 0.2) is 77.5 Å². The number of nitrogens with one attached hydrogen (secondary N) is 2. The van der Waals surface area contributed by atoms with Gasteiger partial charge in [-0.05, 0) is 60.4 Å². The van der Waals surface area contributed by atoms with Gasteiger partial charge in [0, 0.05) is 22.0 Å². The summed E-state index contributed by atoms with van der Waals surface area (Å²) >= 11 is 12.2. The third-order valence-corrected chi connectivity index (χ3v) is 6.31. The van der Waals surface area contributed by atoms with E-state index in [1.54, 1.807) is 42.5 Å². The van der Waals surface area contributed by atoms with E-state index in [9.17, 15) is 14.4 Å². The van der Waals surface area contributed by atoms with Crippen LogP contribution >= 0.6 is 23.2 Å². The highest BCUT2D eigenvalue weighted by Crippen LogP contribution is 2.31. The standard InChI is InChI=1S/C27H23Cl2N3O3/c1-3-16-8-5-9-17(4-2)23(16)31-25(33)18-10-6-12-20(14-18)30-24-22(29)26(34)32(27(24)35)21-13-7-11-19(28)15-21/h5-15,30H,3-4H2,1-2H3,(H,31,33). The first-order valence-electron chi connectivity index (χ1n) is 11.2. The van der Waals surface area contributed by atoms with Crippen molar-refractivity contribution in [2.24, 2.45) is 0 Å². The van der Waals surface area contributed by atoms with Gasteiger partial charge in [0.2, 0.25) is 0 Å². The number of carbonyl (C=O) groups excluding carboxylic acids is 3. The van der Waals surface area contributed by atoms with Crippen LogP contribution in [0.25, 0.3) is 0 Å². The van der Waals surface area contributed by atoms with E-state index < -0.39 is 11.8 Å². The van der Waals surface area contributed by atoms with Crippen LogP contribution in [-0.4, -0.2) is 17.7 Å². The quantitative estimate of drug-likeness (QED) is 0.375. The Morgan fingerprint density at radius 3 is 2.17 bits per heavy atom. The monoisotopic (exact) mass is 507 g/mol. The SMILES string of the molecule is CCc1cccc(CC)c1NC(=O)c1cccc(NC2=C(Cl)C(=O)N(c3cccc(Cl)c3)C2=O)c1. The Bertz CT molecular complexity index is 1350. The third kappa shape index (κ3) is 4.94. The Morgan fingerprint density at radius 1 is 0.857 bits per heavy atom. The zero-order chi connectivity index (χ0) is 25.1. The lowest BCUT2D eigenvalue weighted by Gasteiger charge is -2.16. The lowest BCUT2D eigenvalue weighted by atomic mass is 10.0. The number of halogens is 2. The van der Waals surface area contributed by atoms with Crippen molar-refractivity contribution in [2.45, 2.75) is 26.7 Å². The zero-order valence-electron chi connectivity index (χ0n) is 19.2. The second kappa shape index (κ2) is 10.3. The van der Waals surface area contributed by atoms with Crippen LogP contribution in [0, 0.1) is 0 Å². The van der Waals surface area contributed by atoms with Crippen LogP contribution in [0.1, 0.15) is 35.3 Å². The van der Waals surface area contributed by atoms with Crippen molar-refractivity contribution >= 4 is 58.0 Å². The summed E-state index contributed by atoms with van der Waals surface area (Å²) in [5.41, 5.74) is 4.01. The molecule has 0 atom stereocenters. The minimum atomic E-state index is -0.654. The van der Waals surface area contributed by atoms with Crippen molar-refractivity contribution in [1.82, 2.24) is 0 Å². The minimum Gasteiger partial charge on any atom is -0.350 e. The first-order valence-corrected chi connectivity index (χ1v) is 11.9. The van der Waals surface area contributed by atoms with Crippen molar-refractivity contribution in [3.63, 3.8) is 0 Å². The molecule has 35 heavy (non-hydrogen) atoms. The van der Waals surface area contributed by atoms with Crippen molar-refractivity contribution in [3.05, 3.63) is 99.2 Å².